The third-order valence-corrected chi connectivity index (χ3v) is 6.80. The van der Waals surface area contributed by atoms with E-state index < -0.39 is 0 Å². The molecule has 184 valence electrons. The Morgan fingerprint density at radius 3 is 2.40 bits per heavy atom. The molecule has 3 aromatic rings. The molecule has 1 aliphatic rings. The van der Waals surface area contributed by atoms with Crippen molar-refractivity contribution in [3.8, 4) is 11.5 Å². The van der Waals surface area contributed by atoms with Gasteiger partial charge in [0.25, 0.3) is 0 Å². The van der Waals surface area contributed by atoms with Crippen molar-refractivity contribution in [2.75, 3.05) is 26.1 Å². The first-order chi connectivity index (χ1) is 16.9. The molecular weight excluding hydrogens is 438 g/mol. The fourth-order valence-electron chi connectivity index (χ4n) is 4.89. The van der Waals surface area contributed by atoms with E-state index in [4.69, 9.17) is 9.47 Å². The van der Waals surface area contributed by atoms with Gasteiger partial charge in [0, 0.05) is 24.8 Å². The lowest BCUT2D eigenvalue weighted by atomic mass is 9.87. The maximum Gasteiger partial charge on any atom is 0.319 e. The molecule has 6 heteroatoms. The molecule has 0 fully saturated rings. The second-order valence-corrected chi connectivity index (χ2v) is 9.25. The van der Waals surface area contributed by atoms with Crippen LogP contribution in [0.5, 0.6) is 11.5 Å². The lowest BCUT2D eigenvalue weighted by molar-refractivity contribution is 0.144. The number of benzene rings is 3. The van der Waals surface area contributed by atoms with Gasteiger partial charge in [-0.15, -0.1) is 0 Å². The minimum Gasteiger partial charge on any atom is -0.493 e. The van der Waals surface area contributed by atoms with Gasteiger partial charge in [-0.3, -0.25) is 4.90 Å². The molecule has 2 N–H and O–H groups in total. The highest BCUT2D eigenvalue weighted by Gasteiger charge is 2.34. The monoisotopic (exact) mass is 473 g/mol. The smallest absolute Gasteiger partial charge is 0.319 e. The molecule has 0 saturated carbocycles. The van der Waals surface area contributed by atoms with E-state index in [0.717, 1.165) is 42.1 Å². The number of amides is 2. The molecule has 1 aliphatic heterocycles. The average molecular weight is 474 g/mol. The molecule has 2 atom stereocenters. The third kappa shape index (κ3) is 5.60. The van der Waals surface area contributed by atoms with Crippen LogP contribution in [-0.2, 0) is 13.0 Å². The molecule has 0 aromatic heterocycles. The summed E-state index contributed by atoms with van der Waals surface area (Å²) in [5.74, 6) is 1.43. The van der Waals surface area contributed by atoms with E-state index >= 15 is 0 Å². The predicted octanol–water partition coefficient (Wildman–Crippen LogP) is 5.63. The summed E-state index contributed by atoms with van der Waals surface area (Å²) in [6, 6.07) is 20.0. The largest absolute Gasteiger partial charge is 0.493 e. The molecular formula is C29H35N3O3. The molecule has 0 aliphatic carbocycles. The summed E-state index contributed by atoms with van der Waals surface area (Å²) in [5.41, 5.74) is 6.86. The van der Waals surface area contributed by atoms with Crippen LogP contribution in [-0.4, -0.2) is 37.7 Å². The fraction of sp³-hybridized carbons (Fsp3) is 0.345. The number of methoxy groups -OCH3 is 2. The van der Waals surface area contributed by atoms with Crippen LogP contribution in [0.4, 0.5) is 10.5 Å². The summed E-state index contributed by atoms with van der Waals surface area (Å²) in [6.07, 6.45) is 0.903. The highest BCUT2D eigenvalue weighted by molar-refractivity contribution is 5.89. The van der Waals surface area contributed by atoms with E-state index in [9.17, 15) is 4.79 Å². The number of anilines is 1. The topological polar surface area (TPSA) is 62.8 Å². The molecule has 0 spiro atoms. The highest BCUT2D eigenvalue weighted by atomic mass is 16.5. The molecule has 6 nitrogen and oxygen atoms in total. The van der Waals surface area contributed by atoms with Gasteiger partial charge in [-0.05, 0) is 73.7 Å². The third-order valence-electron chi connectivity index (χ3n) is 6.80. The standard InChI is InChI=1S/C29H35N3O3/c1-19-10-12-24(13-11-19)31-29(33)30-21(3)28-25-17-27(35-5)26(34-4)16-22(25)14-15-32(28)18-23-9-7-6-8-20(23)2/h6-13,16-17,21,28H,14-15,18H2,1-5H3,(H2,30,31,33). The number of carbonyl (C=O) groups is 1. The van der Waals surface area contributed by atoms with Gasteiger partial charge in [0.1, 0.15) is 0 Å². The number of rotatable bonds is 7. The number of fused-ring (bicyclic) bond motifs is 1. The molecule has 2 amide bonds. The SMILES string of the molecule is COc1cc2c(cc1OC)C(C(C)NC(=O)Nc1ccc(C)cc1)N(Cc1ccccc1C)CC2. The molecule has 4 rings (SSSR count). The summed E-state index contributed by atoms with van der Waals surface area (Å²) in [6.45, 7) is 7.92. The van der Waals surface area contributed by atoms with Crippen LogP contribution in [0.25, 0.3) is 0 Å². The summed E-state index contributed by atoms with van der Waals surface area (Å²) < 4.78 is 11.2. The molecule has 0 saturated heterocycles. The molecule has 35 heavy (non-hydrogen) atoms. The van der Waals surface area contributed by atoms with E-state index in [1.807, 2.05) is 31.2 Å². The Hall–Kier alpha value is -3.51. The van der Waals surface area contributed by atoms with Crippen molar-refractivity contribution in [1.82, 2.24) is 10.2 Å². The van der Waals surface area contributed by atoms with Crippen LogP contribution in [0, 0.1) is 13.8 Å². The summed E-state index contributed by atoms with van der Waals surface area (Å²) in [5, 5.41) is 6.15. The van der Waals surface area contributed by atoms with Crippen molar-refractivity contribution in [3.05, 3.63) is 88.5 Å². The predicted molar refractivity (Wildman–Crippen MR) is 140 cm³/mol. The zero-order valence-corrected chi connectivity index (χ0v) is 21.2. The minimum atomic E-state index is -0.218. The highest BCUT2D eigenvalue weighted by Crippen LogP contribution is 2.40. The van der Waals surface area contributed by atoms with Gasteiger partial charge in [-0.1, -0.05) is 42.0 Å². The normalized spacial score (nSPS) is 16.2. The van der Waals surface area contributed by atoms with Crippen LogP contribution in [0.2, 0.25) is 0 Å². The van der Waals surface area contributed by atoms with Crippen LogP contribution in [0.3, 0.4) is 0 Å². The van der Waals surface area contributed by atoms with E-state index in [1.54, 1.807) is 14.2 Å². The van der Waals surface area contributed by atoms with E-state index in [2.05, 4.69) is 65.8 Å². The van der Waals surface area contributed by atoms with Gasteiger partial charge in [0.05, 0.1) is 20.3 Å². The van der Waals surface area contributed by atoms with Crippen LogP contribution in [0.15, 0.2) is 60.7 Å². The number of hydrogen-bond donors (Lipinski definition) is 2. The van der Waals surface area contributed by atoms with Crippen molar-refractivity contribution in [3.63, 3.8) is 0 Å². The fourth-order valence-corrected chi connectivity index (χ4v) is 4.89. The Balaban J connectivity index is 1.63. The zero-order chi connectivity index (χ0) is 24.9. The summed E-state index contributed by atoms with van der Waals surface area (Å²) in [7, 11) is 3.32. The maximum atomic E-state index is 12.9. The summed E-state index contributed by atoms with van der Waals surface area (Å²) >= 11 is 0. The van der Waals surface area contributed by atoms with E-state index in [-0.39, 0.29) is 18.1 Å². The van der Waals surface area contributed by atoms with Crippen LogP contribution >= 0.6 is 0 Å². The van der Waals surface area contributed by atoms with Gasteiger partial charge in [-0.25, -0.2) is 4.79 Å². The first-order valence-corrected chi connectivity index (χ1v) is 12.1. The maximum absolute atomic E-state index is 12.9. The Morgan fingerprint density at radius 1 is 1.03 bits per heavy atom. The van der Waals surface area contributed by atoms with Crippen molar-refractivity contribution >= 4 is 11.7 Å². The molecule has 1 heterocycles. The Labute approximate surface area is 208 Å². The quantitative estimate of drug-likeness (QED) is 0.467. The minimum absolute atomic E-state index is 0.0260. The molecule has 0 bridgehead atoms. The van der Waals surface area contributed by atoms with Crippen LogP contribution in [0.1, 0.15) is 40.8 Å². The number of carbonyl (C=O) groups excluding carboxylic acids is 1. The molecule has 2 unspecified atom stereocenters. The Kier molecular flexibility index (Phi) is 7.61. The Bertz CT molecular complexity index is 1180. The first kappa shape index (κ1) is 24.6. The second-order valence-electron chi connectivity index (χ2n) is 9.25. The zero-order valence-electron chi connectivity index (χ0n) is 21.2. The van der Waals surface area contributed by atoms with Crippen LogP contribution < -0.4 is 20.1 Å². The van der Waals surface area contributed by atoms with E-state index in [0.29, 0.717) is 5.75 Å². The first-order valence-electron chi connectivity index (χ1n) is 12.1. The average Bonchev–Trinajstić information content (AvgIpc) is 2.85. The van der Waals surface area contributed by atoms with Gasteiger partial charge in [-0.2, -0.15) is 0 Å². The molecule has 3 aromatic carbocycles. The number of hydrogen-bond acceptors (Lipinski definition) is 4. The molecule has 0 radical (unpaired) electrons. The van der Waals surface area contributed by atoms with Crippen molar-refractivity contribution in [2.45, 2.75) is 45.8 Å². The number of urea groups is 1. The second kappa shape index (κ2) is 10.8. The number of ether oxygens (including phenoxy) is 2. The lowest BCUT2D eigenvalue weighted by Gasteiger charge is -2.41. The number of nitrogens with one attached hydrogen (secondary N) is 2. The van der Waals surface area contributed by atoms with Crippen molar-refractivity contribution in [2.24, 2.45) is 0 Å². The Morgan fingerprint density at radius 2 is 1.71 bits per heavy atom. The van der Waals surface area contributed by atoms with Crippen molar-refractivity contribution in [1.29, 1.82) is 0 Å². The number of nitrogens with zero attached hydrogens (tertiary/aromatic N) is 1. The van der Waals surface area contributed by atoms with Gasteiger partial charge in [0.15, 0.2) is 11.5 Å². The van der Waals surface area contributed by atoms with Gasteiger partial charge in [0.2, 0.25) is 0 Å². The lowest BCUT2D eigenvalue weighted by Crippen LogP contribution is -2.48. The van der Waals surface area contributed by atoms with Crippen molar-refractivity contribution < 1.29 is 14.3 Å². The van der Waals surface area contributed by atoms with Gasteiger partial charge < -0.3 is 20.1 Å². The van der Waals surface area contributed by atoms with E-state index in [1.165, 1.54) is 16.7 Å². The van der Waals surface area contributed by atoms with Gasteiger partial charge >= 0.3 is 6.03 Å². The summed E-state index contributed by atoms with van der Waals surface area (Å²) in [4.78, 5) is 15.4. The number of aryl methyl sites for hydroxylation is 2.